The molecule has 0 saturated carbocycles. The lowest BCUT2D eigenvalue weighted by atomic mass is 9.97. The summed E-state index contributed by atoms with van der Waals surface area (Å²) in [6.07, 6.45) is 4.10. The number of hydrogen-bond acceptors (Lipinski definition) is 6. The number of rotatable bonds is 5. The van der Waals surface area contributed by atoms with Crippen LogP contribution in [0.3, 0.4) is 0 Å². The third kappa shape index (κ3) is 4.52. The van der Waals surface area contributed by atoms with E-state index in [0.29, 0.717) is 24.2 Å². The second-order valence-electron chi connectivity index (χ2n) is 8.53. The highest BCUT2D eigenvalue weighted by Crippen LogP contribution is 2.32. The van der Waals surface area contributed by atoms with Crippen LogP contribution in [0.4, 0.5) is 15.8 Å². The van der Waals surface area contributed by atoms with Crippen LogP contribution in [-0.4, -0.2) is 50.0 Å². The van der Waals surface area contributed by atoms with Crippen molar-refractivity contribution in [3.05, 3.63) is 35.5 Å². The molecule has 0 radical (unpaired) electrons. The average molecular weight is 465 g/mol. The van der Waals surface area contributed by atoms with E-state index in [2.05, 4.69) is 15.4 Å². The Bertz CT molecular complexity index is 1070. The predicted molar refractivity (Wildman–Crippen MR) is 119 cm³/mol. The molecule has 10 heteroatoms. The van der Waals surface area contributed by atoms with Gasteiger partial charge in [-0.1, -0.05) is 5.16 Å². The van der Waals surface area contributed by atoms with Gasteiger partial charge in [0.05, 0.1) is 11.4 Å². The number of piperidine rings is 2. The number of aryl methyl sites for hydroxylation is 2. The van der Waals surface area contributed by atoms with Gasteiger partial charge in [-0.15, -0.1) is 0 Å². The molecule has 0 aliphatic carbocycles. The maximum atomic E-state index is 13.9. The van der Waals surface area contributed by atoms with Gasteiger partial charge in [0.2, 0.25) is 15.9 Å². The number of amides is 1. The molecule has 0 bridgehead atoms. The van der Waals surface area contributed by atoms with E-state index < -0.39 is 15.8 Å². The van der Waals surface area contributed by atoms with E-state index in [1.807, 2.05) is 0 Å². The third-order valence-corrected chi connectivity index (χ3v) is 8.45. The molecule has 0 spiro atoms. The number of anilines is 2. The summed E-state index contributed by atoms with van der Waals surface area (Å²) in [5, 5.41) is 6.65. The minimum Gasteiger partial charge on any atom is -0.370 e. The first kappa shape index (κ1) is 22.7. The van der Waals surface area contributed by atoms with Crippen LogP contribution in [0.2, 0.25) is 0 Å². The Balaban J connectivity index is 1.43. The molecule has 2 fully saturated rings. The van der Waals surface area contributed by atoms with Crippen molar-refractivity contribution in [1.29, 1.82) is 0 Å². The van der Waals surface area contributed by atoms with E-state index in [1.165, 1.54) is 22.9 Å². The molecular weight excluding hydrogens is 435 g/mol. The summed E-state index contributed by atoms with van der Waals surface area (Å²) >= 11 is 0. The van der Waals surface area contributed by atoms with Gasteiger partial charge in [-0.3, -0.25) is 4.79 Å². The molecule has 32 heavy (non-hydrogen) atoms. The van der Waals surface area contributed by atoms with Crippen LogP contribution >= 0.6 is 0 Å². The van der Waals surface area contributed by atoms with Gasteiger partial charge in [-0.25, -0.2) is 12.8 Å². The molecule has 2 saturated heterocycles. The summed E-state index contributed by atoms with van der Waals surface area (Å²) < 4.78 is 46.3. The average Bonchev–Trinajstić information content (AvgIpc) is 3.13. The summed E-state index contributed by atoms with van der Waals surface area (Å²) in [5.74, 6) is -0.688. The third-order valence-electron chi connectivity index (χ3n) is 6.30. The first-order chi connectivity index (χ1) is 15.3. The summed E-state index contributed by atoms with van der Waals surface area (Å²) in [5.41, 5.74) is 1.64. The highest BCUT2D eigenvalue weighted by Gasteiger charge is 2.35. The number of carbonyl (C=O) groups is 1. The quantitative estimate of drug-likeness (QED) is 0.728. The second kappa shape index (κ2) is 9.19. The van der Waals surface area contributed by atoms with E-state index in [9.17, 15) is 17.6 Å². The van der Waals surface area contributed by atoms with Crippen molar-refractivity contribution in [3.63, 3.8) is 0 Å². The van der Waals surface area contributed by atoms with Crippen molar-refractivity contribution in [2.45, 2.75) is 50.8 Å². The topological polar surface area (TPSA) is 95.8 Å². The van der Waals surface area contributed by atoms with E-state index >= 15 is 0 Å². The van der Waals surface area contributed by atoms with Crippen LogP contribution in [-0.2, 0) is 14.8 Å². The number of sulfonamides is 1. The SMILES string of the molecule is Cc1noc(C)c1S(=O)(=O)N1CCC(C(=O)Nc2cc(F)ccc2N2CCCCC2)CC1. The normalized spacial score (nSPS) is 18.7. The molecule has 3 heterocycles. The van der Waals surface area contributed by atoms with Gasteiger partial charge in [0.15, 0.2) is 5.76 Å². The zero-order valence-electron chi connectivity index (χ0n) is 18.4. The Morgan fingerprint density at radius 2 is 1.81 bits per heavy atom. The van der Waals surface area contributed by atoms with Gasteiger partial charge < -0.3 is 14.7 Å². The van der Waals surface area contributed by atoms with Crippen molar-refractivity contribution < 1.29 is 22.1 Å². The van der Waals surface area contributed by atoms with Gasteiger partial charge in [0, 0.05) is 32.1 Å². The minimum absolute atomic E-state index is 0.103. The number of nitrogens with one attached hydrogen (secondary N) is 1. The van der Waals surface area contributed by atoms with Crippen LogP contribution < -0.4 is 10.2 Å². The van der Waals surface area contributed by atoms with Crippen LogP contribution in [0.15, 0.2) is 27.6 Å². The fraction of sp³-hybridized carbons (Fsp3) is 0.545. The lowest BCUT2D eigenvalue weighted by Gasteiger charge is -2.32. The first-order valence-corrected chi connectivity index (χ1v) is 12.5. The van der Waals surface area contributed by atoms with Crippen molar-refractivity contribution in [2.24, 2.45) is 5.92 Å². The molecule has 1 aromatic heterocycles. The summed E-state index contributed by atoms with van der Waals surface area (Å²) in [6, 6.07) is 4.49. The van der Waals surface area contributed by atoms with E-state index in [4.69, 9.17) is 4.52 Å². The monoisotopic (exact) mass is 464 g/mol. The zero-order valence-corrected chi connectivity index (χ0v) is 19.3. The van der Waals surface area contributed by atoms with Crippen molar-refractivity contribution in [1.82, 2.24) is 9.46 Å². The summed E-state index contributed by atoms with van der Waals surface area (Å²) in [6.45, 7) is 5.40. The molecular formula is C22H29FN4O4S. The van der Waals surface area contributed by atoms with Crippen LogP contribution in [0, 0.1) is 25.6 Å². The van der Waals surface area contributed by atoms with Crippen molar-refractivity contribution in [3.8, 4) is 0 Å². The molecule has 2 aromatic rings. The lowest BCUT2D eigenvalue weighted by molar-refractivity contribution is -0.120. The van der Waals surface area contributed by atoms with E-state index in [-0.39, 0.29) is 35.6 Å². The van der Waals surface area contributed by atoms with Crippen molar-refractivity contribution >= 4 is 27.3 Å². The zero-order chi connectivity index (χ0) is 22.9. The Morgan fingerprint density at radius 1 is 1.12 bits per heavy atom. The van der Waals surface area contributed by atoms with Gasteiger partial charge >= 0.3 is 0 Å². The van der Waals surface area contributed by atoms with Crippen LogP contribution in [0.1, 0.15) is 43.6 Å². The molecule has 0 unspecified atom stereocenters. The van der Waals surface area contributed by atoms with E-state index in [0.717, 1.165) is 31.6 Å². The van der Waals surface area contributed by atoms with Gasteiger partial charge in [0.1, 0.15) is 16.4 Å². The fourth-order valence-electron chi connectivity index (χ4n) is 4.58. The molecule has 1 aromatic carbocycles. The Kier molecular flexibility index (Phi) is 6.52. The number of carbonyl (C=O) groups excluding carboxylic acids is 1. The number of aromatic nitrogens is 1. The van der Waals surface area contributed by atoms with Gasteiger partial charge in [-0.05, 0) is 64.2 Å². The highest BCUT2D eigenvalue weighted by molar-refractivity contribution is 7.89. The number of hydrogen-bond donors (Lipinski definition) is 1. The summed E-state index contributed by atoms with van der Waals surface area (Å²) in [4.78, 5) is 15.2. The smallest absolute Gasteiger partial charge is 0.248 e. The second-order valence-corrected chi connectivity index (χ2v) is 10.4. The van der Waals surface area contributed by atoms with Crippen LogP contribution in [0.5, 0.6) is 0 Å². The molecule has 2 aliphatic rings. The Hall–Kier alpha value is -2.46. The molecule has 8 nitrogen and oxygen atoms in total. The Labute approximate surface area is 187 Å². The Morgan fingerprint density at radius 3 is 2.44 bits per heavy atom. The molecule has 174 valence electrons. The lowest BCUT2D eigenvalue weighted by Crippen LogP contribution is -2.41. The largest absolute Gasteiger partial charge is 0.370 e. The van der Waals surface area contributed by atoms with E-state index in [1.54, 1.807) is 19.9 Å². The number of benzene rings is 1. The maximum absolute atomic E-state index is 13.9. The first-order valence-electron chi connectivity index (χ1n) is 11.1. The van der Waals surface area contributed by atoms with Crippen molar-refractivity contribution in [2.75, 3.05) is 36.4 Å². The maximum Gasteiger partial charge on any atom is 0.248 e. The standard InChI is InChI=1S/C22H29FN4O4S/c1-15-21(16(2)31-25-15)32(29,30)27-12-8-17(9-13-27)22(28)24-19-14-18(23)6-7-20(19)26-10-4-3-5-11-26/h6-7,14,17H,3-5,8-13H2,1-2H3,(H,24,28). The molecule has 1 amide bonds. The van der Waals surface area contributed by atoms with Crippen LogP contribution in [0.25, 0.3) is 0 Å². The predicted octanol–water partition coefficient (Wildman–Crippen LogP) is 3.46. The molecule has 1 N–H and O–H groups in total. The molecule has 0 atom stereocenters. The van der Waals surface area contributed by atoms with Gasteiger partial charge in [0.25, 0.3) is 0 Å². The molecule has 2 aliphatic heterocycles. The molecule has 4 rings (SSSR count). The van der Waals surface area contributed by atoms with Gasteiger partial charge in [-0.2, -0.15) is 4.31 Å². The number of nitrogens with zero attached hydrogens (tertiary/aromatic N) is 3. The number of halogens is 1. The highest BCUT2D eigenvalue weighted by atomic mass is 32.2. The fourth-order valence-corrected chi connectivity index (χ4v) is 6.34. The minimum atomic E-state index is -3.73. The summed E-state index contributed by atoms with van der Waals surface area (Å²) in [7, 11) is -3.73.